The number of ether oxygens (including phenoxy) is 1. The van der Waals surface area contributed by atoms with E-state index in [2.05, 4.69) is 0 Å². The number of phenols is 1. The molecule has 0 radical (unpaired) electrons. The van der Waals surface area contributed by atoms with Crippen LogP contribution in [0.15, 0.2) is 72.3 Å². The zero-order valence-corrected chi connectivity index (χ0v) is 20.6. The number of carbonyl (C=O) groups is 2. The molecule has 180 valence electrons. The summed E-state index contributed by atoms with van der Waals surface area (Å²) in [5, 5.41) is 21.6. The topological polar surface area (TPSA) is 87.1 Å². The molecule has 1 atom stereocenters. The Morgan fingerprint density at radius 1 is 1.00 bits per heavy atom. The molecule has 6 nitrogen and oxygen atoms in total. The zero-order chi connectivity index (χ0) is 25.5. The largest absolute Gasteiger partial charge is 0.508 e. The Bertz CT molecular complexity index is 1340. The van der Waals surface area contributed by atoms with E-state index in [1.54, 1.807) is 61.7 Å². The van der Waals surface area contributed by atoms with Crippen LogP contribution in [0, 0.1) is 0 Å². The Morgan fingerprint density at radius 3 is 2.29 bits per heavy atom. The molecule has 1 heterocycles. The van der Waals surface area contributed by atoms with E-state index in [0.717, 1.165) is 5.56 Å². The van der Waals surface area contributed by atoms with Crippen LogP contribution in [0.25, 0.3) is 5.76 Å². The highest BCUT2D eigenvalue weighted by molar-refractivity contribution is 6.51. The molecule has 0 bridgehead atoms. The SMILES string of the molecule is COc1ccc(/C(O)=C2/C(=O)C(=O)N(c3cccc(Cl)c3)C2c2ccc(O)cc2)cc1C(C)(C)C. The maximum Gasteiger partial charge on any atom is 0.300 e. The van der Waals surface area contributed by atoms with E-state index < -0.39 is 17.7 Å². The summed E-state index contributed by atoms with van der Waals surface area (Å²) in [6.45, 7) is 6.05. The number of aliphatic hydroxyl groups is 1. The summed E-state index contributed by atoms with van der Waals surface area (Å²) in [6.07, 6.45) is 0. The number of hydrogen-bond donors (Lipinski definition) is 2. The lowest BCUT2D eigenvalue weighted by molar-refractivity contribution is -0.132. The molecule has 3 aromatic rings. The normalized spacial score (nSPS) is 17.6. The molecule has 0 aliphatic carbocycles. The summed E-state index contributed by atoms with van der Waals surface area (Å²) in [4.78, 5) is 27.9. The third-order valence-corrected chi connectivity index (χ3v) is 6.26. The van der Waals surface area contributed by atoms with Gasteiger partial charge in [-0.25, -0.2) is 0 Å². The van der Waals surface area contributed by atoms with Crippen LogP contribution in [0.4, 0.5) is 5.69 Å². The summed E-state index contributed by atoms with van der Waals surface area (Å²) in [5.41, 5.74) is 1.85. The van der Waals surface area contributed by atoms with E-state index in [-0.39, 0.29) is 22.5 Å². The fraction of sp³-hybridized carbons (Fsp3) is 0.214. The monoisotopic (exact) mass is 491 g/mol. The number of aliphatic hydroxyl groups excluding tert-OH is 1. The van der Waals surface area contributed by atoms with Crippen LogP contribution in [0.1, 0.15) is 43.5 Å². The van der Waals surface area contributed by atoms with Gasteiger partial charge in [-0.05, 0) is 59.5 Å². The van der Waals surface area contributed by atoms with Crippen molar-refractivity contribution in [1.82, 2.24) is 0 Å². The number of anilines is 1. The Balaban J connectivity index is 1.96. The number of methoxy groups -OCH3 is 1. The highest BCUT2D eigenvalue weighted by Gasteiger charge is 2.47. The summed E-state index contributed by atoms with van der Waals surface area (Å²) in [5.74, 6) is -1.19. The van der Waals surface area contributed by atoms with Gasteiger partial charge >= 0.3 is 0 Å². The number of amides is 1. The second-order valence-corrected chi connectivity index (χ2v) is 9.84. The number of halogens is 1. The van der Waals surface area contributed by atoms with Crippen molar-refractivity contribution in [3.05, 3.63) is 94.0 Å². The number of ketones is 1. The number of hydrogen-bond acceptors (Lipinski definition) is 5. The van der Waals surface area contributed by atoms with E-state index >= 15 is 0 Å². The first-order valence-corrected chi connectivity index (χ1v) is 11.4. The number of carbonyl (C=O) groups excluding carboxylic acids is 2. The lowest BCUT2D eigenvalue weighted by Crippen LogP contribution is -2.29. The van der Waals surface area contributed by atoms with Crippen molar-refractivity contribution in [1.29, 1.82) is 0 Å². The van der Waals surface area contributed by atoms with E-state index in [0.29, 0.717) is 27.6 Å². The van der Waals surface area contributed by atoms with Gasteiger partial charge < -0.3 is 14.9 Å². The van der Waals surface area contributed by atoms with Crippen LogP contribution in [0.2, 0.25) is 5.02 Å². The molecule has 2 N–H and O–H groups in total. The first kappa shape index (κ1) is 24.4. The summed E-state index contributed by atoms with van der Waals surface area (Å²) in [6, 6.07) is 17.0. The smallest absolute Gasteiger partial charge is 0.300 e. The van der Waals surface area contributed by atoms with Gasteiger partial charge in [0.2, 0.25) is 0 Å². The van der Waals surface area contributed by atoms with Gasteiger partial charge in [0, 0.05) is 21.8 Å². The summed E-state index contributed by atoms with van der Waals surface area (Å²) < 4.78 is 5.49. The van der Waals surface area contributed by atoms with Gasteiger partial charge in [0.05, 0.1) is 18.7 Å². The second-order valence-electron chi connectivity index (χ2n) is 9.41. The van der Waals surface area contributed by atoms with Crippen LogP contribution in [-0.4, -0.2) is 29.0 Å². The average molecular weight is 492 g/mol. The number of Topliss-reactive ketones (excluding diaryl/α,β-unsaturated/α-hetero) is 1. The Morgan fingerprint density at radius 2 is 1.69 bits per heavy atom. The molecule has 0 aromatic heterocycles. The van der Waals surface area contributed by atoms with Crippen molar-refractivity contribution in [3.63, 3.8) is 0 Å². The van der Waals surface area contributed by atoms with Gasteiger partial charge in [0.25, 0.3) is 11.7 Å². The first-order valence-electron chi connectivity index (χ1n) is 11.1. The van der Waals surface area contributed by atoms with Gasteiger partial charge in [-0.1, -0.05) is 50.6 Å². The number of rotatable bonds is 4. The molecule has 0 saturated carbocycles. The number of benzene rings is 3. The van der Waals surface area contributed by atoms with Crippen molar-refractivity contribution >= 4 is 34.7 Å². The van der Waals surface area contributed by atoms with Gasteiger partial charge in [0.15, 0.2) is 0 Å². The Hall–Kier alpha value is -3.77. The molecule has 1 amide bonds. The molecular formula is C28H26ClNO5. The van der Waals surface area contributed by atoms with Crippen molar-refractivity contribution < 1.29 is 24.5 Å². The van der Waals surface area contributed by atoms with Crippen LogP contribution < -0.4 is 9.64 Å². The molecule has 1 saturated heterocycles. The van der Waals surface area contributed by atoms with E-state index in [1.807, 2.05) is 20.8 Å². The maximum absolute atomic E-state index is 13.3. The molecule has 1 fully saturated rings. The van der Waals surface area contributed by atoms with Crippen LogP contribution in [0.3, 0.4) is 0 Å². The molecule has 7 heteroatoms. The van der Waals surface area contributed by atoms with Gasteiger partial charge in [0.1, 0.15) is 17.3 Å². The molecule has 35 heavy (non-hydrogen) atoms. The molecule has 4 rings (SSSR count). The molecular weight excluding hydrogens is 466 g/mol. The van der Waals surface area contributed by atoms with Gasteiger partial charge in [-0.2, -0.15) is 0 Å². The summed E-state index contributed by atoms with van der Waals surface area (Å²) in [7, 11) is 1.57. The molecule has 3 aromatic carbocycles. The Labute approximate surface area is 209 Å². The summed E-state index contributed by atoms with van der Waals surface area (Å²) >= 11 is 6.18. The highest BCUT2D eigenvalue weighted by atomic mass is 35.5. The van der Waals surface area contributed by atoms with Crippen molar-refractivity contribution in [3.8, 4) is 11.5 Å². The minimum atomic E-state index is -0.922. The van der Waals surface area contributed by atoms with E-state index in [4.69, 9.17) is 16.3 Å². The first-order chi connectivity index (χ1) is 16.5. The molecule has 1 aliphatic heterocycles. The van der Waals surface area contributed by atoms with Crippen molar-refractivity contribution in [2.45, 2.75) is 32.2 Å². The predicted molar refractivity (Wildman–Crippen MR) is 136 cm³/mol. The second kappa shape index (κ2) is 9.12. The molecule has 0 spiro atoms. The molecule has 1 unspecified atom stereocenters. The quantitative estimate of drug-likeness (QED) is 0.266. The fourth-order valence-corrected chi connectivity index (χ4v) is 4.48. The number of phenolic OH excluding ortho intramolecular Hbond substituents is 1. The van der Waals surface area contributed by atoms with E-state index in [1.165, 1.54) is 17.0 Å². The third kappa shape index (κ3) is 4.49. The number of aromatic hydroxyl groups is 1. The van der Waals surface area contributed by atoms with Crippen LogP contribution in [-0.2, 0) is 15.0 Å². The number of nitrogens with zero attached hydrogens (tertiary/aromatic N) is 1. The predicted octanol–water partition coefficient (Wildman–Crippen LogP) is 5.98. The maximum atomic E-state index is 13.3. The lowest BCUT2D eigenvalue weighted by Gasteiger charge is -2.26. The van der Waals surface area contributed by atoms with Crippen molar-refractivity contribution in [2.75, 3.05) is 12.0 Å². The average Bonchev–Trinajstić information content (AvgIpc) is 3.08. The zero-order valence-electron chi connectivity index (χ0n) is 19.9. The highest BCUT2D eigenvalue weighted by Crippen LogP contribution is 2.43. The van der Waals surface area contributed by atoms with Crippen molar-refractivity contribution in [2.24, 2.45) is 0 Å². The van der Waals surface area contributed by atoms with Gasteiger partial charge in [-0.3, -0.25) is 14.5 Å². The Kier molecular flexibility index (Phi) is 6.34. The van der Waals surface area contributed by atoms with E-state index in [9.17, 15) is 19.8 Å². The standard InChI is InChI=1S/C28H26ClNO5/c1-28(2,3)21-14-17(10-13-22(21)35-4)25(32)23-24(16-8-11-20(31)12-9-16)30(27(34)26(23)33)19-7-5-6-18(29)15-19/h5-15,24,31-32H,1-4H3/b25-23-. The van der Waals surface area contributed by atoms with Crippen LogP contribution >= 0.6 is 11.6 Å². The fourth-order valence-electron chi connectivity index (χ4n) is 4.29. The van der Waals surface area contributed by atoms with Crippen LogP contribution in [0.5, 0.6) is 11.5 Å². The van der Waals surface area contributed by atoms with Gasteiger partial charge in [-0.15, -0.1) is 0 Å². The minimum absolute atomic E-state index is 0.0402. The molecule has 1 aliphatic rings. The third-order valence-electron chi connectivity index (χ3n) is 6.02. The lowest BCUT2D eigenvalue weighted by atomic mass is 9.84. The minimum Gasteiger partial charge on any atom is -0.508 e.